The van der Waals surface area contributed by atoms with Crippen LogP contribution in [0.15, 0.2) is 18.2 Å². The highest BCUT2D eigenvalue weighted by Crippen LogP contribution is 2.27. The topological polar surface area (TPSA) is 76.1 Å². The summed E-state index contributed by atoms with van der Waals surface area (Å²) < 4.78 is 9.73. The molecule has 0 unspecified atom stereocenters. The summed E-state index contributed by atoms with van der Waals surface area (Å²) in [6.45, 7) is 0.620. The Morgan fingerprint density at radius 2 is 2.29 bits per heavy atom. The molecule has 1 aromatic carbocycles. The molecule has 1 fully saturated rings. The maximum absolute atomic E-state index is 11.4. The molecule has 90 valence electrons. The standard InChI is InChI=1S/C11H11NO5/c1-16-7-2-3-9(8(6-7)10(13)14)12-4-5-17-11(12)15/h2-3,6H,4-5H2,1H3,(H,13,14). The van der Waals surface area contributed by atoms with Gasteiger partial charge in [0.1, 0.15) is 12.4 Å². The molecule has 2 rings (SSSR count). The van der Waals surface area contributed by atoms with Crippen LogP contribution in [0.5, 0.6) is 5.75 Å². The molecule has 17 heavy (non-hydrogen) atoms. The van der Waals surface area contributed by atoms with Crippen molar-refractivity contribution in [1.29, 1.82) is 0 Å². The van der Waals surface area contributed by atoms with Crippen LogP contribution in [0.1, 0.15) is 10.4 Å². The lowest BCUT2D eigenvalue weighted by atomic mass is 10.1. The first-order chi connectivity index (χ1) is 8.13. The number of carboxylic acid groups (broad SMARTS) is 1. The fourth-order valence-electron chi connectivity index (χ4n) is 1.66. The van der Waals surface area contributed by atoms with E-state index >= 15 is 0 Å². The summed E-state index contributed by atoms with van der Waals surface area (Å²) in [7, 11) is 1.45. The molecule has 0 saturated carbocycles. The van der Waals surface area contributed by atoms with Crippen LogP contribution in [0.25, 0.3) is 0 Å². The predicted octanol–water partition coefficient (Wildman–Crippen LogP) is 1.35. The molecule has 1 aliphatic rings. The largest absolute Gasteiger partial charge is 0.497 e. The highest BCUT2D eigenvalue weighted by Gasteiger charge is 2.27. The van der Waals surface area contributed by atoms with Gasteiger partial charge in [-0.25, -0.2) is 9.59 Å². The monoisotopic (exact) mass is 237 g/mol. The van der Waals surface area contributed by atoms with Gasteiger partial charge in [0.25, 0.3) is 0 Å². The van der Waals surface area contributed by atoms with E-state index in [1.54, 1.807) is 6.07 Å². The van der Waals surface area contributed by atoms with E-state index in [1.807, 2.05) is 0 Å². The Labute approximate surface area is 97.4 Å². The van der Waals surface area contributed by atoms with Gasteiger partial charge < -0.3 is 14.6 Å². The third kappa shape index (κ3) is 2.01. The first-order valence-corrected chi connectivity index (χ1v) is 4.99. The average Bonchev–Trinajstić information content (AvgIpc) is 2.74. The zero-order chi connectivity index (χ0) is 12.4. The third-order valence-corrected chi connectivity index (χ3v) is 2.49. The quantitative estimate of drug-likeness (QED) is 0.858. The molecule has 0 aliphatic carbocycles. The first-order valence-electron chi connectivity index (χ1n) is 4.99. The van der Waals surface area contributed by atoms with E-state index < -0.39 is 12.1 Å². The third-order valence-electron chi connectivity index (χ3n) is 2.49. The van der Waals surface area contributed by atoms with E-state index in [9.17, 15) is 9.59 Å². The van der Waals surface area contributed by atoms with Gasteiger partial charge in [-0.3, -0.25) is 4.90 Å². The van der Waals surface area contributed by atoms with Crippen molar-refractivity contribution in [3.05, 3.63) is 23.8 Å². The van der Waals surface area contributed by atoms with E-state index in [0.717, 1.165) is 0 Å². The molecule has 0 spiro atoms. The molecule has 1 amide bonds. The second kappa shape index (κ2) is 4.32. The number of carbonyl (C=O) groups is 2. The molecule has 1 aromatic rings. The van der Waals surface area contributed by atoms with Gasteiger partial charge in [-0.1, -0.05) is 0 Å². The van der Waals surface area contributed by atoms with Crippen molar-refractivity contribution in [1.82, 2.24) is 0 Å². The smallest absolute Gasteiger partial charge is 0.414 e. The van der Waals surface area contributed by atoms with Crippen molar-refractivity contribution in [2.75, 3.05) is 25.2 Å². The van der Waals surface area contributed by atoms with Crippen molar-refractivity contribution in [3.8, 4) is 5.75 Å². The van der Waals surface area contributed by atoms with Crippen LogP contribution >= 0.6 is 0 Å². The predicted molar refractivity (Wildman–Crippen MR) is 58.6 cm³/mol. The molecule has 1 N–H and O–H groups in total. The van der Waals surface area contributed by atoms with Crippen molar-refractivity contribution in [2.45, 2.75) is 0 Å². The Kier molecular flexibility index (Phi) is 2.86. The molecule has 0 aromatic heterocycles. The number of amides is 1. The average molecular weight is 237 g/mol. The van der Waals surface area contributed by atoms with Crippen LogP contribution in [0.3, 0.4) is 0 Å². The van der Waals surface area contributed by atoms with Gasteiger partial charge in [0, 0.05) is 0 Å². The van der Waals surface area contributed by atoms with Gasteiger partial charge in [-0.2, -0.15) is 0 Å². The van der Waals surface area contributed by atoms with Gasteiger partial charge >= 0.3 is 12.1 Å². The Hall–Kier alpha value is -2.24. The fraction of sp³-hybridized carbons (Fsp3) is 0.273. The summed E-state index contributed by atoms with van der Waals surface area (Å²) in [6.07, 6.45) is -0.530. The number of rotatable bonds is 3. The summed E-state index contributed by atoms with van der Waals surface area (Å²) in [6, 6.07) is 4.52. The number of ether oxygens (including phenoxy) is 2. The Balaban J connectivity index is 2.45. The number of nitrogens with zero attached hydrogens (tertiary/aromatic N) is 1. The number of carbonyl (C=O) groups excluding carboxylic acids is 1. The number of carboxylic acids is 1. The molecule has 0 radical (unpaired) electrons. The van der Waals surface area contributed by atoms with E-state index in [-0.39, 0.29) is 12.2 Å². The second-order valence-corrected chi connectivity index (χ2v) is 3.45. The number of anilines is 1. The summed E-state index contributed by atoms with van der Waals surface area (Å²) in [4.78, 5) is 23.8. The fourth-order valence-corrected chi connectivity index (χ4v) is 1.66. The molecule has 0 atom stereocenters. The van der Waals surface area contributed by atoms with E-state index in [4.69, 9.17) is 14.6 Å². The molecule has 0 bridgehead atoms. The highest BCUT2D eigenvalue weighted by atomic mass is 16.6. The zero-order valence-corrected chi connectivity index (χ0v) is 9.17. The lowest BCUT2D eigenvalue weighted by Crippen LogP contribution is -2.25. The number of benzene rings is 1. The van der Waals surface area contributed by atoms with Crippen molar-refractivity contribution < 1.29 is 24.2 Å². The van der Waals surface area contributed by atoms with Crippen molar-refractivity contribution >= 4 is 17.7 Å². The van der Waals surface area contributed by atoms with E-state index in [2.05, 4.69) is 0 Å². The van der Waals surface area contributed by atoms with Crippen LogP contribution in [0.4, 0.5) is 10.5 Å². The molecular formula is C11H11NO5. The number of hydrogen-bond donors (Lipinski definition) is 1. The van der Waals surface area contributed by atoms with Gasteiger partial charge in [0.05, 0.1) is 24.9 Å². The molecule has 6 nitrogen and oxygen atoms in total. The Morgan fingerprint density at radius 1 is 1.53 bits per heavy atom. The summed E-state index contributed by atoms with van der Waals surface area (Å²) in [5, 5.41) is 9.10. The number of methoxy groups -OCH3 is 1. The maximum atomic E-state index is 11.4. The van der Waals surface area contributed by atoms with E-state index in [0.29, 0.717) is 18.0 Å². The van der Waals surface area contributed by atoms with Gasteiger partial charge in [-0.15, -0.1) is 0 Å². The SMILES string of the molecule is COc1ccc(N2CCOC2=O)c(C(=O)O)c1. The van der Waals surface area contributed by atoms with Crippen LogP contribution in [-0.2, 0) is 4.74 Å². The molecule has 6 heteroatoms. The lowest BCUT2D eigenvalue weighted by Gasteiger charge is -2.15. The summed E-state index contributed by atoms with van der Waals surface area (Å²) in [5.74, 6) is -0.683. The van der Waals surface area contributed by atoms with Crippen LogP contribution in [-0.4, -0.2) is 37.4 Å². The first kappa shape index (κ1) is 11.3. The van der Waals surface area contributed by atoms with Gasteiger partial charge in [0.2, 0.25) is 0 Å². The number of hydrogen-bond acceptors (Lipinski definition) is 4. The maximum Gasteiger partial charge on any atom is 0.414 e. The number of aromatic carboxylic acids is 1. The minimum atomic E-state index is -1.11. The van der Waals surface area contributed by atoms with Crippen LogP contribution in [0.2, 0.25) is 0 Å². The Bertz CT molecular complexity index is 471. The molecule has 1 heterocycles. The van der Waals surface area contributed by atoms with Crippen molar-refractivity contribution in [2.24, 2.45) is 0 Å². The van der Waals surface area contributed by atoms with E-state index in [1.165, 1.54) is 24.1 Å². The minimum absolute atomic E-state index is 0.0169. The molecule has 1 saturated heterocycles. The van der Waals surface area contributed by atoms with Crippen molar-refractivity contribution in [3.63, 3.8) is 0 Å². The Morgan fingerprint density at radius 3 is 2.82 bits per heavy atom. The normalized spacial score (nSPS) is 14.6. The zero-order valence-electron chi connectivity index (χ0n) is 9.17. The molecular weight excluding hydrogens is 226 g/mol. The minimum Gasteiger partial charge on any atom is -0.497 e. The number of cyclic esters (lactones) is 1. The summed E-state index contributed by atoms with van der Waals surface area (Å²) in [5.41, 5.74) is 0.337. The van der Waals surface area contributed by atoms with Crippen LogP contribution < -0.4 is 9.64 Å². The van der Waals surface area contributed by atoms with Gasteiger partial charge in [0.15, 0.2) is 0 Å². The van der Waals surface area contributed by atoms with Crippen LogP contribution in [0, 0.1) is 0 Å². The highest BCUT2D eigenvalue weighted by molar-refractivity contribution is 6.00. The molecule has 1 aliphatic heterocycles. The lowest BCUT2D eigenvalue weighted by molar-refractivity contribution is 0.0697. The summed E-state index contributed by atoms with van der Waals surface area (Å²) >= 11 is 0. The second-order valence-electron chi connectivity index (χ2n) is 3.45. The van der Waals surface area contributed by atoms with Gasteiger partial charge in [-0.05, 0) is 18.2 Å².